The Morgan fingerprint density at radius 1 is 1.19 bits per heavy atom. The standard InChI is InChI=1S/C16H18Cl2N2O/c1-10-3-5-13(14(18)7-10)15(20-19)9-11-8-12(17)4-6-16(11)21-2/h3-8,15,20H,9,19H2,1-2H3. The number of methoxy groups -OCH3 is 1. The minimum absolute atomic E-state index is 0.120. The van der Waals surface area contributed by atoms with Crippen molar-refractivity contribution in [2.75, 3.05) is 7.11 Å². The second kappa shape index (κ2) is 7.14. The molecule has 2 aromatic rings. The van der Waals surface area contributed by atoms with Crippen LogP contribution in [0.5, 0.6) is 5.75 Å². The average Bonchev–Trinajstić information content (AvgIpc) is 2.45. The predicted molar refractivity (Wildman–Crippen MR) is 88.0 cm³/mol. The van der Waals surface area contributed by atoms with Crippen molar-refractivity contribution in [2.45, 2.75) is 19.4 Å². The SMILES string of the molecule is COc1ccc(Cl)cc1CC(NN)c1ccc(C)cc1Cl. The van der Waals surface area contributed by atoms with Crippen molar-refractivity contribution in [3.8, 4) is 5.75 Å². The van der Waals surface area contributed by atoms with Gasteiger partial charge in [-0.3, -0.25) is 11.3 Å². The Labute approximate surface area is 135 Å². The molecule has 0 heterocycles. The van der Waals surface area contributed by atoms with E-state index in [2.05, 4.69) is 5.43 Å². The van der Waals surface area contributed by atoms with Crippen LogP contribution in [0, 0.1) is 6.92 Å². The molecule has 112 valence electrons. The van der Waals surface area contributed by atoms with Crippen LogP contribution in [0.15, 0.2) is 36.4 Å². The van der Waals surface area contributed by atoms with E-state index >= 15 is 0 Å². The van der Waals surface area contributed by atoms with Gasteiger partial charge in [-0.25, -0.2) is 0 Å². The molecule has 0 spiro atoms. The summed E-state index contributed by atoms with van der Waals surface area (Å²) in [7, 11) is 1.64. The number of aryl methyl sites for hydroxylation is 1. The Morgan fingerprint density at radius 3 is 2.57 bits per heavy atom. The first kappa shape index (κ1) is 16.1. The Balaban J connectivity index is 2.33. The van der Waals surface area contributed by atoms with Crippen molar-refractivity contribution in [1.82, 2.24) is 5.43 Å². The van der Waals surface area contributed by atoms with Crippen molar-refractivity contribution in [1.29, 1.82) is 0 Å². The van der Waals surface area contributed by atoms with Crippen molar-refractivity contribution >= 4 is 23.2 Å². The van der Waals surface area contributed by atoms with E-state index in [-0.39, 0.29) is 6.04 Å². The maximum atomic E-state index is 6.32. The van der Waals surface area contributed by atoms with Gasteiger partial charge < -0.3 is 4.74 Å². The van der Waals surface area contributed by atoms with Crippen LogP contribution in [0.4, 0.5) is 0 Å². The van der Waals surface area contributed by atoms with Crippen molar-refractivity contribution in [2.24, 2.45) is 5.84 Å². The van der Waals surface area contributed by atoms with E-state index in [0.29, 0.717) is 16.5 Å². The third kappa shape index (κ3) is 3.89. The van der Waals surface area contributed by atoms with Gasteiger partial charge in [0, 0.05) is 10.0 Å². The monoisotopic (exact) mass is 324 g/mol. The van der Waals surface area contributed by atoms with E-state index < -0.39 is 0 Å². The zero-order chi connectivity index (χ0) is 15.4. The molecule has 0 aliphatic heterocycles. The summed E-state index contributed by atoms with van der Waals surface area (Å²) >= 11 is 12.4. The number of ether oxygens (including phenoxy) is 1. The highest BCUT2D eigenvalue weighted by Crippen LogP contribution is 2.30. The summed E-state index contributed by atoms with van der Waals surface area (Å²) in [6.07, 6.45) is 0.628. The van der Waals surface area contributed by atoms with Crippen LogP contribution in [-0.2, 0) is 6.42 Å². The van der Waals surface area contributed by atoms with Crippen molar-refractivity contribution in [3.63, 3.8) is 0 Å². The molecule has 0 saturated heterocycles. The number of hydrogen-bond acceptors (Lipinski definition) is 3. The zero-order valence-electron chi connectivity index (χ0n) is 12.0. The van der Waals surface area contributed by atoms with Crippen LogP contribution >= 0.6 is 23.2 Å². The lowest BCUT2D eigenvalue weighted by Gasteiger charge is -2.19. The molecule has 2 rings (SSSR count). The number of nitrogens with one attached hydrogen (secondary N) is 1. The summed E-state index contributed by atoms with van der Waals surface area (Å²) in [4.78, 5) is 0. The van der Waals surface area contributed by atoms with Crippen LogP contribution in [0.25, 0.3) is 0 Å². The summed E-state index contributed by atoms with van der Waals surface area (Å²) < 4.78 is 5.37. The van der Waals surface area contributed by atoms with E-state index in [1.54, 1.807) is 13.2 Å². The fraction of sp³-hybridized carbons (Fsp3) is 0.250. The second-order valence-corrected chi connectivity index (χ2v) is 5.75. The smallest absolute Gasteiger partial charge is 0.122 e. The summed E-state index contributed by atoms with van der Waals surface area (Å²) in [5, 5.41) is 1.36. The summed E-state index contributed by atoms with van der Waals surface area (Å²) in [5.41, 5.74) is 5.85. The molecule has 0 aliphatic carbocycles. The van der Waals surface area contributed by atoms with E-state index in [1.807, 2.05) is 37.3 Å². The third-order valence-electron chi connectivity index (χ3n) is 3.40. The van der Waals surface area contributed by atoms with E-state index in [1.165, 1.54) is 0 Å². The first-order valence-corrected chi connectivity index (χ1v) is 7.35. The molecule has 3 N–H and O–H groups in total. The van der Waals surface area contributed by atoms with Crippen LogP contribution in [0.1, 0.15) is 22.7 Å². The number of hydrazine groups is 1. The molecule has 21 heavy (non-hydrogen) atoms. The van der Waals surface area contributed by atoms with Gasteiger partial charge in [0.05, 0.1) is 13.2 Å². The normalized spacial score (nSPS) is 12.2. The summed E-state index contributed by atoms with van der Waals surface area (Å²) in [6, 6.07) is 11.3. The van der Waals surface area contributed by atoms with Gasteiger partial charge in [0.2, 0.25) is 0 Å². The molecule has 0 bridgehead atoms. The molecule has 2 aromatic carbocycles. The van der Waals surface area contributed by atoms with Gasteiger partial charge in [0.1, 0.15) is 5.75 Å². The summed E-state index contributed by atoms with van der Waals surface area (Å²) in [6.45, 7) is 2.00. The largest absolute Gasteiger partial charge is 0.496 e. The highest BCUT2D eigenvalue weighted by atomic mass is 35.5. The Bertz CT molecular complexity index is 632. The van der Waals surface area contributed by atoms with Crippen LogP contribution in [-0.4, -0.2) is 7.11 Å². The van der Waals surface area contributed by atoms with Gasteiger partial charge in [0.25, 0.3) is 0 Å². The van der Waals surface area contributed by atoms with Crippen LogP contribution in [0.2, 0.25) is 10.0 Å². The molecule has 3 nitrogen and oxygen atoms in total. The number of halogens is 2. The lowest BCUT2D eigenvalue weighted by Crippen LogP contribution is -2.30. The van der Waals surface area contributed by atoms with Gasteiger partial charge in [-0.15, -0.1) is 0 Å². The first-order valence-electron chi connectivity index (χ1n) is 6.59. The number of nitrogens with two attached hydrogens (primary N) is 1. The summed E-state index contributed by atoms with van der Waals surface area (Å²) in [5.74, 6) is 6.49. The van der Waals surface area contributed by atoms with E-state index in [4.69, 9.17) is 33.8 Å². The minimum atomic E-state index is -0.120. The topological polar surface area (TPSA) is 47.3 Å². The number of benzene rings is 2. The maximum Gasteiger partial charge on any atom is 0.122 e. The van der Waals surface area contributed by atoms with Gasteiger partial charge in [-0.1, -0.05) is 35.3 Å². The van der Waals surface area contributed by atoms with Crippen LogP contribution < -0.4 is 16.0 Å². The molecule has 1 atom stereocenters. The molecule has 0 fully saturated rings. The first-order chi connectivity index (χ1) is 10.0. The number of hydrogen-bond donors (Lipinski definition) is 2. The third-order valence-corrected chi connectivity index (χ3v) is 3.96. The lowest BCUT2D eigenvalue weighted by molar-refractivity contribution is 0.405. The van der Waals surface area contributed by atoms with E-state index in [9.17, 15) is 0 Å². The molecule has 0 aromatic heterocycles. The Hall–Kier alpha value is -1.26. The van der Waals surface area contributed by atoms with Crippen LogP contribution in [0.3, 0.4) is 0 Å². The van der Waals surface area contributed by atoms with E-state index in [0.717, 1.165) is 22.4 Å². The quantitative estimate of drug-likeness (QED) is 0.644. The van der Waals surface area contributed by atoms with Crippen molar-refractivity contribution in [3.05, 3.63) is 63.1 Å². The molecule has 0 aliphatic rings. The maximum absolute atomic E-state index is 6.32. The predicted octanol–water partition coefficient (Wildman–Crippen LogP) is 4.06. The fourth-order valence-corrected chi connectivity index (χ4v) is 2.86. The zero-order valence-corrected chi connectivity index (χ0v) is 13.5. The van der Waals surface area contributed by atoms with Gasteiger partial charge in [-0.2, -0.15) is 0 Å². The molecule has 1 unspecified atom stereocenters. The average molecular weight is 325 g/mol. The second-order valence-electron chi connectivity index (χ2n) is 4.90. The molecule has 0 radical (unpaired) electrons. The Kier molecular flexibility index (Phi) is 5.48. The molecule has 0 saturated carbocycles. The molecule has 5 heteroatoms. The van der Waals surface area contributed by atoms with Gasteiger partial charge in [-0.05, 0) is 54.3 Å². The Morgan fingerprint density at radius 2 is 1.95 bits per heavy atom. The minimum Gasteiger partial charge on any atom is -0.496 e. The number of rotatable bonds is 5. The lowest BCUT2D eigenvalue weighted by atomic mass is 9.98. The van der Waals surface area contributed by atoms with Gasteiger partial charge in [0.15, 0.2) is 0 Å². The molecular formula is C16H18Cl2N2O. The highest BCUT2D eigenvalue weighted by molar-refractivity contribution is 6.31. The highest BCUT2D eigenvalue weighted by Gasteiger charge is 2.16. The molecule has 0 amide bonds. The molecular weight excluding hydrogens is 307 g/mol. The fourth-order valence-electron chi connectivity index (χ4n) is 2.30. The van der Waals surface area contributed by atoms with Gasteiger partial charge >= 0.3 is 0 Å². The van der Waals surface area contributed by atoms with Crippen molar-refractivity contribution < 1.29 is 4.74 Å².